The van der Waals surface area contributed by atoms with Crippen LogP contribution in [0.25, 0.3) is 0 Å². The first-order chi connectivity index (χ1) is 9.30. The quantitative estimate of drug-likeness (QED) is 0.286. The molecule has 0 bridgehead atoms. The van der Waals surface area contributed by atoms with Gasteiger partial charge in [-0.3, -0.25) is 0 Å². The summed E-state index contributed by atoms with van der Waals surface area (Å²) < 4.78 is 20.6. The molecule has 0 spiro atoms. The number of methoxy groups -OCH3 is 2. The maximum Gasteiger partial charge on any atom is 1.00 e. The Morgan fingerprint density at radius 1 is 0.950 bits per heavy atom. The fourth-order valence-electron chi connectivity index (χ4n) is 1.70. The summed E-state index contributed by atoms with van der Waals surface area (Å²) in [4.78, 5) is 0. The topological polar surface area (TPSA) is 36.9 Å². The molecule has 0 saturated carbocycles. The molecule has 4 nitrogen and oxygen atoms in total. The summed E-state index contributed by atoms with van der Waals surface area (Å²) in [5.74, 6) is 1.28. The third kappa shape index (κ3) is 7.75. The van der Waals surface area contributed by atoms with Crippen molar-refractivity contribution in [3.05, 3.63) is 23.8 Å². The van der Waals surface area contributed by atoms with Gasteiger partial charge in [-0.1, -0.05) is 38.7 Å². The summed E-state index contributed by atoms with van der Waals surface area (Å²) in [6.07, 6.45) is 4.60. The van der Waals surface area contributed by atoms with Crippen LogP contribution in [0.2, 0.25) is 0 Å². The number of benzene rings is 1. The van der Waals surface area contributed by atoms with Crippen LogP contribution in [-0.4, -0.2) is 27.8 Å². The Morgan fingerprint density at radius 2 is 1.50 bits per heavy atom. The Balaban J connectivity index is 0.00000361. The third-order valence-corrected chi connectivity index (χ3v) is 2.61. The average Bonchev–Trinajstić information content (AvgIpc) is 2.43. The molecule has 0 N–H and O–H groups in total. The monoisotopic (exact) mass is 330 g/mol. The van der Waals surface area contributed by atoms with Crippen LogP contribution in [0.4, 0.5) is 0 Å². The van der Waals surface area contributed by atoms with E-state index in [1.54, 1.807) is 14.2 Å². The van der Waals surface area contributed by atoms with Crippen molar-refractivity contribution >= 4 is 0 Å². The molecule has 0 atom stereocenters. The zero-order chi connectivity index (χ0) is 13.9. The van der Waals surface area contributed by atoms with Gasteiger partial charge in [-0.2, -0.15) is 5.56 Å². The maximum absolute atomic E-state index is 5.42. The molecule has 1 aromatic rings. The molecule has 0 aromatic heterocycles. The normalized spacial score (nSPS) is 9.95. The van der Waals surface area contributed by atoms with Crippen LogP contribution in [0, 0.1) is 6.07 Å². The van der Waals surface area contributed by atoms with Crippen LogP contribution in [0.3, 0.4) is 0 Å². The van der Waals surface area contributed by atoms with Gasteiger partial charge >= 0.3 is 17.1 Å². The molecule has 0 unspecified atom stereocenters. The van der Waals surface area contributed by atoms with Crippen LogP contribution in [-0.2, 0) is 33.0 Å². The van der Waals surface area contributed by atoms with E-state index >= 15 is 0 Å². The summed E-state index contributed by atoms with van der Waals surface area (Å²) in [7, 11) is 3.18. The minimum absolute atomic E-state index is 0. The van der Waals surface area contributed by atoms with Crippen molar-refractivity contribution in [2.45, 2.75) is 32.6 Å². The van der Waals surface area contributed by atoms with Crippen molar-refractivity contribution < 1.29 is 36.0 Å². The van der Waals surface area contributed by atoms with Gasteiger partial charge in [0.15, 0.2) is 13.6 Å². The number of aryl methyl sites for hydroxylation is 1. The largest absolute Gasteiger partial charge is 1.00 e. The van der Waals surface area contributed by atoms with Crippen LogP contribution < -0.4 is 9.47 Å². The number of hydrogen-bond acceptors (Lipinski definition) is 4. The van der Waals surface area contributed by atoms with Gasteiger partial charge in [-0.25, -0.2) is 0 Å². The fourth-order valence-corrected chi connectivity index (χ4v) is 1.70. The van der Waals surface area contributed by atoms with E-state index in [2.05, 4.69) is 13.0 Å². The van der Waals surface area contributed by atoms with E-state index in [4.69, 9.17) is 18.9 Å². The molecule has 0 aliphatic heterocycles. The van der Waals surface area contributed by atoms with Crippen molar-refractivity contribution in [2.24, 2.45) is 0 Å². The third-order valence-electron chi connectivity index (χ3n) is 2.61. The smallest absolute Gasteiger partial charge is 0.493 e. The first-order valence-electron chi connectivity index (χ1n) is 6.59. The molecule has 1 aromatic carbocycles. The van der Waals surface area contributed by atoms with E-state index < -0.39 is 0 Å². The fraction of sp³-hybridized carbons (Fsp3) is 0.600. The van der Waals surface area contributed by atoms with Crippen molar-refractivity contribution in [2.75, 3.05) is 27.8 Å². The van der Waals surface area contributed by atoms with Gasteiger partial charge in [0.05, 0.1) is 0 Å². The standard InChI is InChI=1S/C15H23O4.Cu/c1-4-5-6-7-13-8-14(18-11-16-2)10-15(9-13)19-12-17-3;/h8-9H,4-7,11-12H2,1-3H3;/q-1;+1. The van der Waals surface area contributed by atoms with Crippen molar-refractivity contribution in [3.63, 3.8) is 0 Å². The first kappa shape index (κ1) is 19.3. The van der Waals surface area contributed by atoms with E-state index in [-0.39, 0.29) is 30.7 Å². The molecule has 0 aliphatic carbocycles. The van der Waals surface area contributed by atoms with E-state index in [9.17, 15) is 0 Å². The van der Waals surface area contributed by atoms with Gasteiger partial charge in [0.25, 0.3) is 0 Å². The van der Waals surface area contributed by atoms with Crippen LogP contribution in [0.15, 0.2) is 12.1 Å². The molecule has 5 heteroatoms. The summed E-state index contributed by atoms with van der Waals surface area (Å²) in [6.45, 7) is 2.61. The second-order valence-electron chi connectivity index (χ2n) is 4.28. The van der Waals surface area contributed by atoms with Crippen molar-refractivity contribution in [3.8, 4) is 11.5 Å². The van der Waals surface area contributed by atoms with Crippen LogP contribution >= 0.6 is 0 Å². The molecule has 0 saturated heterocycles. The molecular formula is C15H23CuO4. The molecule has 0 amide bonds. The minimum Gasteiger partial charge on any atom is -0.493 e. The second-order valence-corrected chi connectivity index (χ2v) is 4.28. The summed E-state index contributed by atoms with van der Waals surface area (Å²) in [5.41, 5.74) is 1.18. The Bertz CT molecular complexity index is 331. The van der Waals surface area contributed by atoms with Gasteiger partial charge in [0.1, 0.15) is 0 Å². The van der Waals surface area contributed by atoms with Gasteiger partial charge in [-0.05, 0) is 0 Å². The number of hydrogen-bond donors (Lipinski definition) is 0. The van der Waals surface area contributed by atoms with E-state index in [1.807, 2.05) is 12.1 Å². The molecular weight excluding hydrogens is 308 g/mol. The zero-order valence-electron chi connectivity index (χ0n) is 12.3. The van der Waals surface area contributed by atoms with Gasteiger partial charge in [-0.15, -0.1) is 12.1 Å². The predicted molar refractivity (Wildman–Crippen MR) is 73.5 cm³/mol. The van der Waals surface area contributed by atoms with Gasteiger partial charge in [0, 0.05) is 25.7 Å². The molecule has 20 heavy (non-hydrogen) atoms. The van der Waals surface area contributed by atoms with Gasteiger partial charge < -0.3 is 18.9 Å². The van der Waals surface area contributed by atoms with E-state index in [0.717, 1.165) is 12.8 Å². The number of ether oxygens (including phenoxy) is 4. The van der Waals surface area contributed by atoms with E-state index in [1.165, 1.54) is 18.4 Å². The summed E-state index contributed by atoms with van der Waals surface area (Å²) in [5, 5.41) is 0. The molecule has 0 fully saturated rings. The zero-order valence-corrected chi connectivity index (χ0v) is 13.3. The molecule has 1 rings (SSSR count). The maximum atomic E-state index is 5.42. The molecule has 0 heterocycles. The summed E-state index contributed by atoms with van der Waals surface area (Å²) >= 11 is 0. The van der Waals surface area contributed by atoms with Gasteiger partial charge in [0.2, 0.25) is 0 Å². The average molecular weight is 331 g/mol. The SMILES string of the molecule is CCCCCc1cc(OCOC)[c-]c(OCOC)c1.[Cu+]. The minimum atomic E-state index is 0. The molecule has 0 radical (unpaired) electrons. The second kappa shape index (κ2) is 12.0. The Kier molecular flexibility index (Phi) is 11.6. The van der Waals surface area contributed by atoms with Crippen LogP contribution in [0.1, 0.15) is 31.7 Å². The Morgan fingerprint density at radius 3 is 1.95 bits per heavy atom. The Labute approximate surface area is 132 Å². The number of unbranched alkanes of at least 4 members (excludes halogenated alkanes) is 2. The predicted octanol–water partition coefficient (Wildman–Crippen LogP) is 3.18. The molecule has 0 aliphatic rings. The van der Waals surface area contributed by atoms with Crippen LogP contribution in [0.5, 0.6) is 11.5 Å². The van der Waals surface area contributed by atoms with E-state index in [0.29, 0.717) is 11.5 Å². The van der Waals surface area contributed by atoms with Crippen molar-refractivity contribution in [1.82, 2.24) is 0 Å². The van der Waals surface area contributed by atoms with Crippen molar-refractivity contribution in [1.29, 1.82) is 0 Å². The summed E-state index contributed by atoms with van der Waals surface area (Å²) in [6, 6.07) is 7.00. The number of rotatable bonds is 10. The Hall–Kier alpha value is -0.741. The first-order valence-corrected chi connectivity index (χ1v) is 6.59. The molecule has 118 valence electrons.